The largest absolute Gasteiger partial charge is 0.480 e. The molecule has 1 fully saturated rings. The molecular formula is C12H21NO4. The lowest BCUT2D eigenvalue weighted by Gasteiger charge is -2.16. The first-order chi connectivity index (χ1) is 8.08. The molecule has 5 nitrogen and oxygen atoms in total. The van der Waals surface area contributed by atoms with Crippen LogP contribution in [0.3, 0.4) is 0 Å². The van der Waals surface area contributed by atoms with E-state index in [1.807, 2.05) is 0 Å². The molecule has 0 radical (unpaired) electrons. The predicted molar refractivity (Wildman–Crippen MR) is 62.6 cm³/mol. The summed E-state index contributed by atoms with van der Waals surface area (Å²) in [5, 5.41) is 11.3. The highest BCUT2D eigenvalue weighted by Crippen LogP contribution is 2.22. The van der Waals surface area contributed by atoms with E-state index in [1.54, 1.807) is 0 Å². The fourth-order valence-corrected chi connectivity index (χ4v) is 2.13. The Labute approximate surface area is 102 Å². The first-order valence-corrected chi connectivity index (χ1v) is 6.17. The molecule has 0 aromatic carbocycles. The molecule has 0 aromatic rings. The number of carbonyl (C=O) groups excluding carboxylic acids is 1. The van der Waals surface area contributed by atoms with E-state index in [9.17, 15) is 9.59 Å². The highest BCUT2D eigenvalue weighted by atomic mass is 16.5. The highest BCUT2D eigenvalue weighted by molar-refractivity contribution is 5.78. The van der Waals surface area contributed by atoms with E-state index in [2.05, 4.69) is 12.2 Å². The molecule has 98 valence electrons. The average Bonchev–Trinajstić information content (AvgIpc) is 2.43. The maximum atomic E-state index is 11.5. The molecule has 0 aromatic heterocycles. The van der Waals surface area contributed by atoms with Gasteiger partial charge in [-0.3, -0.25) is 4.79 Å². The molecule has 1 rings (SSSR count). The molecule has 1 aliphatic rings. The Morgan fingerprint density at radius 1 is 1.24 bits per heavy atom. The van der Waals surface area contributed by atoms with Crippen molar-refractivity contribution in [3.05, 3.63) is 0 Å². The van der Waals surface area contributed by atoms with E-state index in [1.165, 1.54) is 6.42 Å². The second-order valence-electron chi connectivity index (χ2n) is 4.76. The van der Waals surface area contributed by atoms with Crippen LogP contribution in [-0.4, -0.2) is 36.2 Å². The van der Waals surface area contributed by atoms with Gasteiger partial charge in [0.1, 0.15) is 13.2 Å². The van der Waals surface area contributed by atoms with Crippen LogP contribution in [0.4, 0.5) is 0 Å². The minimum absolute atomic E-state index is 0.168. The zero-order valence-corrected chi connectivity index (χ0v) is 10.3. The van der Waals surface area contributed by atoms with E-state index in [0.29, 0.717) is 0 Å². The first kappa shape index (κ1) is 14.0. The number of carboxylic acids is 1. The van der Waals surface area contributed by atoms with E-state index >= 15 is 0 Å². The van der Waals surface area contributed by atoms with Gasteiger partial charge in [-0.15, -0.1) is 0 Å². The standard InChI is InChI=1S/C12H21NO4/c1-9-3-2-4-10(6-5-9)13-11(14)7-17-8-12(15)16/h9-10H,2-8H2,1H3,(H,13,14)(H,15,16). The normalized spacial score (nSPS) is 25.0. The second-order valence-corrected chi connectivity index (χ2v) is 4.76. The Balaban J connectivity index is 2.18. The van der Waals surface area contributed by atoms with Crippen LogP contribution in [0.1, 0.15) is 39.0 Å². The van der Waals surface area contributed by atoms with Crippen molar-refractivity contribution in [1.82, 2.24) is 5.32 Å². The van der Waals surface area contributed by atoms with Crippen LogP contribution in [0.2, 0.25) is 0 Å². The molecule has 5 heteroatoms. The fraction of sp³-hybridized carbons (Fsp3) is 0.833. The van der Waals surface area contributed by atoms with Crippen LogP contribution in [0, 0.1) is 5.92 Å². The summed E-state index contributed by atoms with van der Waals surface area (Å²) in [4.78, 5) is 21.7. The van der Waals surface area contributed by atoms with Crippen LogP contribution in [0.15, 0.2) is 0 Å². The van der Waals surface area contributed by atoms with Gasteiger partial charge in [-0.25, -0.2) is 4.79 Å². The van der Waals surface area contributed by atoms with Gasteiger partial charge in [-0.1, -0.05) is 19.8 Å². The number of hydrogen-bond acceptors (Lipinski definition) is 3. The summed E-state index contributed by atoms with van der Waals surface area (Å²) in [7, 11) is 0. The molecule has 17 heavy (non-hydrogen) atoms. The van der Waals surface area contributed by atoms with Gasteiger partial charge in [0.15, 0.2) is 0 Å². The molecule has 1 aliphatic carbocycles. The zero-order valence-electron chi connectivity index (χ0n) is 10.3. The lowest BCUT2D eigenvalue weighted by Crippen LogP contribution is -2.37. The SMILES string of the molecule is CC1CCCC(NC(=O)COCC(=O)O)CC1. The minimum atomic E-state index is -1.05. The second kappa shape index (κ2) is 7.27. The summed E-state index contributed by atoms with van der Waals surface area (Å²) >= 11 is 0. The van der Waals surface area contributed by atoms with Gasteiger partial charge < -0.3 is 15.2 Å². The Kier molecular flexibility index (Phi) is 5.97. The van der Waals surface area contributed by atoms with Crippen molar-refractivity contribution in [3.63, 3.8) is 0 Å². The van der Waals surface area contributed by atoms with Crippen LogP contribution in [0.25, 0.3) is 0 Å². The number of rotatable bonds is 5. The van der Waals surface area contributed by atoms with Gasteiger partial charge in [0.25, 0.3) is 0 Å². The Bertz CT molecular complexity index is 267. The third-order valence-corrected chi connectivity index (χ3v) is 3.08. The van der Waals surface area contributed by atoms with Crippen LogP contribution in [0.5, 0.6) is 0 Å². The van der Waals surface area contributed by atoms with Crippen LogP contribution in [-0.2, 0) is 14.3 Å². The van der Waals surface area contributed by atoms with E-state index in [4.69, 9.17) is 9.84 Å². The molecule has 0 heterocycles. The van der Waals surface area contributed by atoms with Crippen molar-refractivity contribution in [2.75, 3.05) is 13.2 Å². The number of hydrogen-bond donors (Lipinski definition) is 2. The maximum Gasteiger partial charge on any atom is 0.329 e. The molecule has 2 atom stereocenters. The Morgan fingerprint density at radius 2 is 2.00 bits per heavy atom. The predicted octanol–water partition coefficient (Wildman–Crippen LogP) is 1.17. The lowest BCUT2D eigenvalue weighted by molar-refractivity contribution is -0.143. The molecule has 0 spiro atoms. The summed E-state index contributed by atoms with van der Waals surface area (Å²) in [5.41, 5.74) is 0. The van der Waals surface area contributed by atoms with Crippen LogP contribution < -0.4 is 5.32 Å². The van der Waals surface area contributed by atoms with Gasteiger partial charge in [-0.05, 0) is 25.2 Å². The lowest BCUT2D eigenvalue weighted by atomic mass is 10.0. The third-order valence-electron chi connectivity index (χ3n) is 3.08. The summed E-state index contributed by atoms with van der Waals surface area (Å²) in [6.45, 7) is 1.65. The van der Waals surface area contributed by atoms with E-state index < -0.39 is 12.6 Å². The minimum Gasteiger partial charge on any atom is -0.480 e. The quantitative estimate of drug-likeness (QED) is 0.711. The van der Waals surface area contributed by atoms with Crippen LogP contribution >= 0.6 is 0 Å². The van der Waals surface area contributed by atoms with Gasteiger partial charge in [0.05, 0.1) is 0 Å². The number of aliphatic carboxylic acids is 1. The van der Waals surface area contributed by atoms with E-state index in [-0.39, 0.29) is 18.6 Å². The average molecular weight is 243 g/mol. The number of carbonyl (C=O) groups is 2. The van der Waals surface area contributed by atoms with E-state index in [0.717, 1.165) is 31.6 Å². The molecule has 2 unspecified atom stereocenters. The molecular weight excluding hydrogens is 222 g/mol. The number of ether oxygens (including phenoxy) is 1. The molecule has 0 bridgehead atoms. The van der Waals surface area contributed by atoms with Crippen molar-refractivity contribution in [2.24, 2.45) is 5.92 Å². The summed E-state index contributed by atoms with van der Waals surface area (Å²) in [6.07, 6.45) is 5.52. The molecule has 0 saturated heterocycles. The van der Waals surface area contributed by atoms with Gasteiger partial charge in [0, 0.05) is 6.04 Å². The van der Waals surface area contributed by atoms with Crippen molar-refractivity contribution in [2.45, 2.75) is 45.1 Å². The summed E-state index contributed by atoms with van der Waals surface area (Å²) in [5.74, 6) is -0.535. The number of amides is 1. The third kappa shape index (κ3) is 6.26. The van der Waals surface area contributed by atoms with Gasteiger partial charge in [-0.2, -0.15) is 0 Å². The molecule has 2 N–H and O–H groups in total. The topological polar surface area (TPSA) is 75.6 Å². The van der Waals surface area contributed by atoms with Gasteiger partial charge in [0.2, 0.25) is 5.91 Å². The number of carboxylic acid groups (broad SMARTS) is 1. The summed E-state index contributed by atoms with van der Waals surface area (Å²) in [6, 6.07) is 0.223. The van der Waals surface area contributed by atoms with Crippen molar-refractivity contribution < 1.29 is 19.4 Å². The fourth-order valence-electron chi connectivity index (χ4n) is 2.13. The van der Waals surface area contributed by atoms with Gasteiger partial charge >= 0.3 is 5.97 Å². The van der Waals surface area contributed by atoms with Crippen molar-refractivity contribution in [3.8, 4) is 0 Å². The molecule has 0 aliphatic heterocycles. The maximum absolute atomic E-state index is 11.5. The smallest absolute Gasteiger partial charge is 0.329 e. The summed E-state index contributed by atoms with van der Waals surface area (Å²) < 4.78 is 4.74. The highest BCUT2D eigenvalue weighted by Gasteiger charge is 2.17. The monoisotopic (exact) mass is 243 g/mol. The first-order valence-electron chi connectivity index (χ1n) is 6.17. The molecule has 1 amide bonds. The molecule has 1 saturated carbocycles. The Morgan fingerprint density at radius 3 is 2.71 bits per heavy atom. The Hall–Kier alpha value is -1.10. The van der Waals surface area contributed by atoms with Crippen molar-refractivity contribution >= 4 is 11.9 Å². The zero-order chi connectivity index (χ0) is 12.7. The van der Waals surface area contributed by atoms with Crippen molar-refractivity contribution in [1.29, 1.82) is 0 Å². The number of nitrogens with one attached hydrogen (secondary N) is 1.